The predicted molar refractivity (Wildman–Crippen MR) is 106 cm³/mol. The van der Waals surface area contributed by atoms with Crippen molar-refractivity contribution in [2.24, 2.45) is 0 Å². The summed E-state index contributed by atoms with van der Waals surface area (Å²) in [6.45, 7) is 0. The number of amides is 3. The number of hydrogen-bond acceptors (Lipinski definition) is 4. The minimum atomic E-state index is -0.246. The van der Waals surface area contributed by atoms with Gasteiger partial charge in [-0.2, -0.15) is 0 Å². The normalized spacial score (nSPS) is 13.9. The molecule has 6 heteroatoms. The van der Waals surface area contributed by atoms with Crippen molar-refractivity contribution >= 4 is 40.4 Å². The molecule has 1 N–H and O–H groups in total. The zero-order valence-electron chi connectivity index (χ0n) is 14.3. The van der Waals surface area contributed by atoms with Crippen LogP contribution < -0.4 is 10.2 Å². The Kier molecular flexibility index (Phi) is 4.56. The summed E-state index contributed by atoms with van der Waals surface area (Å²) >= 11 is 1.61. The molecule has 134 valence electrons. The van der Waals surface area contributed by atoms with E-state index in [2.05, 4.69) is 5.32 Å². The van der Waals surface area contributed by atoms with E-state index in [9.17, 15) is 14.4 Å². The molecule has 0 saturated carbocycles. The quantitative estimate of drug-likeness (QED) is 0.690. The van der Waals surface area contributed by atoms with Crippen molar-refractivity contribution in [1.29, 1.82) is 0 Å². The van der Waals surface area contributed by atoms with Crippen LogP contribution in [0.5, 0.6) is 0 Å². The number of carbonyl (C=O) groups is 3. The van der Waals surface area contributed by atoms with Gasteiger partial charge in [0.2, 0.25) is 11.8 Å². The molecule has 1 saturated heterocycles. The standard InChI is InChI=1S/C21H16N2O3S/c24-19-11-12-20(25)23(19)15-9-7-14(8-10-15)21(26)22-17-5-2-1-4-16(17)18-6-3-13-27-18/h1-10,13H,11-12H2,(H,22,26). The molecule has 2 aromatic carbocycles. The molecule has 0 bridgehead atoms. The van der Waals surface area contributed by atoms with Crippen LogP contribution in [0.1, 0.15) is 23.2 Å². The minimum Gasteiger partial charge on any atom is -0.321 e. The van der Waals surface area contributed by atoms with E-state index in [0.29, 0.717) is 11.3 Å². The second kappa shape index (κ2) is 7.17. The summed E-state index contributed by atoms with van der Waals surface area (Å²) in [5.41, 5.74) is 2.65. The van der Waals surface area contributed by atoms with E-state index in [1.165, 1.54) is 4.90 Å². The molecule has 1 fully saturated rings. The van der Waals surface area contributed by atoms with E-state index < -0.39 is 0 Å². The fourth-order valence-electron chi connectivity index (χ4n) is 3.06. The first-order chi connectivity index (χ1) is 13.1. The van der Waals surface area contributed by atoms with E-state index in [1.54, 1.807) is 35.6 Å². The van der Waals surface area contributed by atoms with E-state index in [0.717, 1.165) is 16.1 Å². The molecular formula is C21H16N2O3S. The van der Waals surface area contributed by atoms with Gasteiger partial charge in [0.05, 0.1) is 5.69 Å². The predicted octanol–water partition coefficient (Wildman–Crippen LogP) is 4.32. The van der Waals surface area contributed by atoms with Gasteiger partial charge in [-0.3, -0.25) is 19.3 Å². The molecule has 5 nitrogen and oxygen atoms in total. The van der Waals surface area contributed by atoms with Crippen molar-refractivity contribution < 1.29 is 14.4 Å². The first-order valence-electron chi connectivity index (χ1n) is 8.53. The summed E-state index contributed by atoms with van der Waals surface area (Å²) in [5, 5.41) is 4.94. The highest BCUT2D eigenvalue weighted by Gasteiger charge is 2.30. The first kappa shape index (κ1) is 17.2. The molecule has 1 aliphatic rings. The lowest BCUT2D eigenvalue weighted by Gasteiger charge is -2.14. The Labute approximate surface area is 160 Å². The molecule has 3 amide bonds. The maximum absolute atomic E-state index is 12.6. The monoisotopic (exact) mass is 376 g/mol. The molecule has 2 heterocycles. The van der Waals surface area contributed by atoms with Gasteiger partial charge in [-0.1, -0.05) is 24.3 Å². The fraction of sp³-hybridized carbons (Fsp3) is 0.0952. The average Bonchev–Trinajstić information content (AvgIpc) is 3.32. The molecule has 0 radical (unpaired) electrons. The van der Waals surface area contributed by atoms with Crippen LogP contribution in [-0.4, -0.2) is 17.7 Å². The second-order valence-corrected chi connectivity index (χ2v) is 7.09. The highest BCUT2D eigenvalue weighted by atomic mass is 32.1. The Hall–Kier alpha value is -3.25. The van der Waals surface area contributed by atoms with E-state index in [4.69, 9.17) is 0 Å². The van der Waals surface area contributed by atoms with Crippen molar-refractivity contribution in [1.82, 2.24) is 0 Å². The van der Waals surface area contributed by atoms with E-state index in [-0.39, 0.29) is 30.6 Å². The number of anilines is 2. The zero-order chi connectivity index (χ0) is 18.8. The summed E-state index contributed by atoms with van der Waals surface area (Å²) < 4.78 is 0. The highest BCUT2D eigenvalue weighted by Crippen LogP contribution is 2.31. The number of nitrogens with zero attached hydrogens (tertiary/aromatic N) is 1. The molecule has 0 aliphatic carbocycles. The van der Waals surface area contributed by atoms with Crippen LogP contribution in [0.2, 0.25) is 0 Å². The van der Waals surface area contributed by atoms with Gasteiger partial charge in [0.15, 0.2) is 0 Å². The van der Waals surface area contributed by atoms with Crippen molar-refractivity contribution in [3.63, 3.8) is 0 Å². The summed E-state index contributed by atoms with van der Waals surface area (Å²) in [6.07, 6.45) is 0.473. The van der Waals surface area contributed by atoms with Crippen LogP contribution >= 0.6 is 11.3 Å². The third-order valence-corrected chi connectivity index (χ3v) is 5.30. The Morgan fingerprint density at radius 3 is 2.26 bits per heavy atom. The highest BCUT2D eigenvalue weighted by molar-refractivity contribution is 7.13. The van der Waals surface area contributed by atoms with Gasteiger partial charge in [0.25, 0.3) is 5.91 Å². The van der Waals surface area contributed by atoms with Crippen LogP contribution in [0.25, 0.3) is 10.4 Å². The molecule has 1 aromatic heterocycles. The van der Waals surface area contributed by atoms with Crippen molar-refractivity contribution in [3.8, 4) is 10.4 Å². The summed E-state index contributed by atoms with van der Waals surface area (Å²) in [4.78, 5) is 38.5. The van der Waals surface area contributed by atoms with Crippen LogP contribution in [0, 0.1) is 0 Å². The Balaban J connectivity index is 1.55. The lowest BCUT2D eigenvalue weighted by Crippen LogP contribution is -2.28. The zero-order valence-corrected chi connectivity index (χ0v) is 15.2. The number of imide groups is 1. The Morgan fingerprint density at radius 1 is 0.889 bits per heavy atom. The Morgan fingerprint density at radius 2 is 1.59 bits per heavy atom. The molecule has 0 unspecified atom stereocenters. The molecule has 1 aliphatic heterocycles. The molecular weight excluding hydrogens is 360 g/mol. The third-order valence-electron chi connectivity index (χ3n) is 4.40. The minimum absolute atomic E-state index is 0.206. The van der Waals surface area contributed by atoms with Crippen molar-refractivity contribution in [3.05, 3.63) is 71.6 Å². The number of benzene rings is 2. The number of rotatable bonds is 4. The van der Waals surface area contributed by atoms with Gasteiger partial charge in [-0.25, -0.2) is 0 Å². The molecule has 3 aromatic rings. The second-order valence-electron chi connectivity index (χ2n) is 6.15. The average molecular weight is 376 g/mol. The van der Waals surface area contributed by atoms with Crippen LogP contribution in [-0.2, 0) is 9.59 Å². The Bertz CT molecular complexity index is 994. The fourth-order valence-corrected chi connectivity index (χ4v) is 3.83. The first-order valence-corrected chi connectivity index (χ1v) is 9.41. The van der Waals surface area contributed by atoms with Crippen molar-refractivity contribution in [2.75, 3.05) is 10.2 Å². The smallest absolute Gasteiger partial charge is 0.255 e. The number of carbonyl (C=O) groups excluding carboxylic acids is 3. The molecule has 27 heavy (non-hydrogen) atoms. The van der Waals surface area contributed by atoms with Crippen molar-refractivity contribution in [2.45, 2.75) is 12.8 Å². The maximum atomic E-state index is 12.6. The van der Waals surface area contributed by atoms with Crippen LogP contribution in [0.4, 0.5) is 11.4 Å². The molecule has 4 rings (SSSR count). The molecule has 0 atom stereocenters. The van der Waals surface area contributed by atoms with Gasteiger partial charge < -0.3 is 5.32 Å². The van der Waals surface area contributed by atoms with E-state index >= 15 is 0 Å². The van der Waals surface area contributed by atoms with Crippen LogP contribution in [0.15, 0.2) is 66.0 Å². The summed E-state index contributed by atoms with van der Waals surface area (Å²) in [6, 6.07) is 18.1. The van der Waals surface area contributed by atoms with Gasteiger partial charge in [0.1, 0.15) is 0 Å². The number of thiophene rings is 1. The number of para-hydroxylation sites is 1. The lowest BCUT2D eigenvalue weighted by atomic mass is 10.1. The number of nitrogens with one attached hydrogen (secondary N) is 1. The number of hydrogen-bond donors (Lipinski definition) is 1. The summed E-state index contributed by atoms with van der Waals surface area (Å²) in [7, 11) is 0. The maximum Gasteiger partial charge on any atom is 0.255 e. The largest absolute Gasteiger partial charge is 0.321 e. The SMILES string of the molecule is O=C(Nc1ccccc1-c1cccs1)c1ccc(N2C(=O)CCC2=O)cc1. The van der Waals surface area contributed by atoms with Gasteiger partial charge in [0, 0.05) is 34.5 Å². The van der Waals surface area contributed by atoms with Gasteiger partial charge >= 0.3 is 0 Å². The van der Waals surface area contributed by atoms with Crippen LogP contribution in [0.3, 0.4) is 0 Å². The third kappa shape index (κ3) is 3.39. The van der Waals surface area contributed by atoms with Gasteiger partial charge in [-0.15, -0.1) is 11.3 Å². The van der Waals surface area contributed by atoms with Gasteiger partial charge in [-0.05, 0) is 41.8 Å². The van der Waals surface area contributed by atoms with E-state index in [1.807, 2.05) is 41.8 Å². The molecule has 0 spiro atoms. The lowest BCUT2D eigenvalue weighted by molar-refractivity contribution is -0.121. The summed E-state index contributed by atoms with van der Waals surface area (Å²) in [5.74, 6) is -0.659. The topological polar surface area (TPSA) is 66.5 Å².